The van der Waals surface area contributed by atoms with Crippen LogP contribution in [0.25, 0.3) is 0 Å². The zero-order chi connectivity index (χ0) is 15.9. The van der Waals surface area contributed by atoms with Crippen molar-refractivity contribution in [2.75, 3.05) is 14.2 Å². The van der Waals surface area contributed by atoms with Crippen LogP contribution in [-0.2, 0) is 9.47 Å². The van der Waals surface area contributed by atoms with Crippen LogP contribution in [0.15, 0.2) is 58.3 Å². The summed E-state index contributed by atoms with van der Waals surface area (Å²) in [5.74, 6) is -1.12. The number of esters is 2. The van der Waals surface area contributed by atoms with Crippen molar-refractivity contribution in [2.24, 2.45) is 0 Å². The predicted octanol–water partition coefficient (Wildman–Crippen LogP) is 4.06. The van der Waals surface area contributed by atoms with Crippen molar-refractivity contribution in [1.82, 2.24) is 0 Å². The third-order valence-corrected chi connectivity index (χ3v) is 5.23. The molecule has 2 aromatic carbocycles. The summed E-state index contributed by atoms with van der Waals surface area (Å²) in [6.45, 7) is 0. The molecule has 0 heterocycles. The Morgan fingerprint density at radius 3 is 2.14 bits per heavy atom. The smallest absolute Gasteiger partial charge is 0.339 e. The fraction of sp³-hybridized carbons (Fsp3) is 0.125. The number of rotatable bonds is 5. The first-order valence-electron chi connectivity index (χ1n) is 6.36. The molecule has 0 aliphatic rings. The van der Waals surface area contributed by atoms with Gasteiger partial charge < -0.3 is 9.47 Å². The van der Waals surface area contributed by atoms with E-state index in [0.717, 1.165) is 4.90 Å². The van der Waals surface area contributed by atoms with Crippen LogP contribution in [0.1, 0.15) is 20.7 Å². The van der Waals surface area contributed by atoms with Gasteiger partial charge in [0.2, 0.25) is 0 Å². The molecule has 0 spiro atoms. The Kier molecular flexibility index (Phi) is 5.91. The summed E-state index contributed by atoms with van der Waals surface area (Å²) >= 11 is 0. The van der Waals surface area contributed by atoms with Gasteiger partial charge in [-0.3, -0.25) is 0 Å². The Morgan fingerprint density at radius 1 is 0.818 bits per heavy atom. The lowest BCUT2D eigenvalue weighted by Crippen LogP contribution is -2.12. The first-order chi connectivity index (χ1) is 10.7. The molecule has 2 rings (SSSR count). The Hall–Kier alpha value is -1.92. The molecule has 0 bridgehead atoms. The average molecular weight is 334 g/mol. The lowest BCUT2D eigenvalue weighted by molar-refractivity contribution is 0.0552. The quantitative estimate of drug-likeness (QED) is 0.607. The maximum absolute atomic E-state index is 12.0. The largest absolute Gasteiger partial charge is 0.465 e. The maximum Gasteiger partial charge on any atom is 0.339 e. The van der Waals surface area contributed by atoms with E-state index in [1.165, 1.54) is 35.8 Å². The monoisotopic (exact) mass is 334 g/mol. The first-order valence-corrected chi connectivity index (χ1v) is 8.51. The van der Waals surface area contributed by atoms with E-state index in [9.17, 15) is 9.59 Å². The van der Waals surface area contributed by atoms with E-state index in [2.05, 4.69) is 0 Å². The lowest BCUT2D eigenvalue weighted by Gasteiger charge is -2.11. The second-order valence-electron chi connectivity index (χ2n) is 4.14. The van der Waals surface area contributed by atoms with Crippen LogP contribution in [0.2, 0.25) is 0 Å². The summed E-state index contributed by atoms with van der Waals surface area (Å²) < 4.78 is 9.52. The molecule has 0 N–H and O–H groups in total. The zero-order valence-corrected chi connectivity index (χ0v) is 13.7. The van der Waals surface area contributed by atoms with Crippen molar-refractivity contribution in [3.8, 4) is 0 Å². The van der Waals surface area contributed by atoms with Gasteiger partial charge in [-0.2, -0.15) is 0 Å². The van der Waals surface area contributed by atoms with Gasteiger partial charge >= 0.3 is 11.9 Å². The highest BCUT2D eigenvalue weighted by molar-refractivity contribution is 8.76. The number of hydrogen-bond acceptors (Lipinski definition) is 6. The zero-order valence-electron chi connectivity index (χ0n) is 12.1. The molecule has 2 aromatic rings. The van der Waals surface area contributed by atoms with E-state index in [1.54, 1.807) is 18.2 Å². The standard InChI is InChI=1S/C16H14O4S2/c1-19-15(17)12-9-6-10-13(14(12)16(18)20-2)22-21-11-7-4-3-5-8-11/h3-10H,1-2H3. The van der Waals surface area contributed by atoms with Crippen LogP contribution in [0, 0.1) is 0 Å². The maximum atomic E-state index is 12.0. The molecule has 0 amide bonds. The van der Waals surface area contributed by atoms with Gasteiger partial charge in [-0.1, -0.05) is 45.9 Å². The van der Waals surface area contributed by atoms with E-state index >= 15 is 0 Å². The van der Waals surface area contributed by atoms with Crippen molar-refractivity contribution in [3.05, 3.63) is 59.7 Å². The van der Waals surface area contributed by atoms with Gasteiger partial charge in [0.25, 0.3) is 0 Å². The minimum atomic E-state index is -0.562. The highest BCUT2D eigenvalue weighted by atomic mass is 33.1. The van der Waals surface area contributed by atoms with Crippen molar-refractivity contribution >= 4 is 33.5 Å². The number of carbonyl (C=O) groups is 2. The summed E-state index contributed by atoms with van der Waals surface area (Å²) in [7, 11) is 5.46. The van der Waals surface area contributed by atoms with Crippen molar-refractivity contribution < 1.29 is 19.1 Å². The molecule has 0 aliphatic heterocycles. The summed E-state index contributed by atoms with van der Waals surface area (Å²) in [5, 5.41) is 0. The van der Waals surface area contributed by atoms with Crippen LogP contribution in [-0.4, -0.2) is 26.2 Å². The third-order valence-electron chi connectivity index (χ3n) is 2.79. The molecule has 0 fully saturated rings. The van der Waals surface area contributed by atoms with E-state index < -0.39 is 11.9 Å². The topological polar surface area (TPSA) is 52.6 Å². The lowest BCUT2D eigenvalue weighted by atomic mass is 10.1. The number of carbonyl (C=O) groups excluding carboxylic acids is 2. The van der Waals surface area contributed by atoms with Gasteiger partial charge in [0.15, 0.2) is 0 Å². The Balaban J connectivity index is 2.33. The van der Waals surface area contributed by atoms with Crippen molar-refractivity contribution in [1.29, 1.82) is 0 Å². The molecule has 0 unspecified atom stereocenters. The number of benzene rings is 2. The Labute approximate surface area is 136 Å². The van der Waals surface area contributed by atoms with Crippen molar-refractivity contribution in [3.63, 3.8) is 0 Å². The first kappa shape index (κ1) is 16.5. The normalized spacial score (nSPS) is 10.1. The summed E-state index contributed by atoms with van der Waals surface area (Å²) in [4.78, 5) is 25.6. The van der Waals surface area contributed by atoms with Crippen LogP contribution in [0.5, 0.6) is 0 Å². The molecule has 0 saturated carbocycles. The third kappa shape index (κ3) is 3.84. The van der Waals surface area contributed by atoms with Crippen LogP contribution in [0.4, 0.5) is 0 Å². The minimum absolute atomic E-state index is 0.202. The predicted molar refractivity (Wildman–Crippen MR) is 87.3 cm³/mol. The van der Waals surface area contributed by atoms with E-state index in [0.29, 0.717) is 4.90 Å². The summed E-state index contributed by atoms with van der Waals surface area (Å²) in [6.07, 6.45) is 0. The fourth-order valence-corrected chi connectivity index (χ4v) is 3.94. The molecule has 0 saturated heterocycles. The SMILES string of the molecule is COC(=O)c1cccc(SSc2ccccc2)c1C(=O)OC. The molecule has 0 atom stereocenters. The Bertz CT molecular complexity index is 671. The molecular formula is C16H14O4S2. The second kappa shape index (κ2) is 7.91. The fourth-order valence-electron chi connectivity index (χ4n) is 1.76. The van der Waals surface area contributed by atoms with Crippen LogP contribution >= 0.6 is 21.6 Å². The average Bonchev–Trinajstić information content (AvgIpc) is 2.59. The van der Waals surface area contributed by atoms with E-state index in [1.807, 2.05) is 30.3 Å². The molecule has 4 nitrogen and oxygen atoms in total. The number of methoxy groups -OCH3 is 2. The number of ether oxygens (including phenoxy) is 2. The molecule has 0 aliphatic carbocycles. The van der Waals surface area contributed by atoms with Gasteiger partial charge in [-0.15, -0.1) is 0 Å². The van der Waals surface area contributed by atoms with Crippen LogP contribution in [0.3, 0.4) is 0 Å². The van der Waals surface area contributed by atoms with E-state index in [4.69, 9.17) is 9.47 Å². The molecular weight excluding hydrogens is 320 g/mol. The molecule has 0 radical (unpaired) electrons. The van der Waals surface area contributed by atoms with Gasteiger partial charge in [-0.05, 0) is 24.3 Å². The summed E-state index contributed by atoms with van der Waals surface area (Å²) in [5.41, 5.74) is 0.429. The second-order valence-corrected chi connectivity index (χ2v) is 6.39. The highest BCUT2D eigenvalue weighted by Gasteiger charge is 2.22. The van der Waals surface area contributed by atoms with E-state index in [-0.39, 0.29) is 11.1 Å². The molecule has 22 heavy (non-hydrogen) atoms. The summed E-state index contributed by atoms with van der Waals surface area (Å²) in [6, 6.07) is 14.8. The molecule has 114 valence electrons. The molecule has 0 aromatic heterocycles. The molecule has 6 heteroatoms. The highest BCUT2D eigenvalue weighted by Crippen LogP contribution is 2.39. The van der Waals surface area contributed by atoms with Crippen LogP contribution < -0.4 is 0 Å². The van der Waals surface area contributed by atoms with Crippen molar-refractivity contribution in [2.45, 2.75) is 9.79 Å². The Morgan fingerprint density at radius 2 is 1.50 bits per heavy atom. The number of hydrogen-bond donors (Lipinski definition) is 0. The minimum Gasteiger partial charge on any atom is -0.465 e. The van der Waals surface area contributed by atoms with Gasteiger partial charge in [0.05, 0.1) is 25.3 Å². The van der Waals surface area contributed by atoms with Gasteiger partial charge in [0, 0.05) is 9.79 Å². The van der Waals surface area contributed by atoms with Gasteiger partial charge in [0.1, 0.15) is 0 Å². The van der Waals surface area contributed by atoms with Gasteiger partial charge in [-0.25, -0.2) is 9.59 Å².